The van der Waals surface area contributed by atoms with E-state index in [4.69, 9.17) is 4.74 Å². The third-order valence-electron chi connectivity index (χ3n) is 8.04. The Bertz CT molecular complexity index is 1460. The first kappa shape index (κ1) is 25.6. The minimum atomic E-state index is -1.08. The summed E-state index contributed by atoms with van der Waals surface area (Å²) < 4.78 is 48.9. The van der Waals surface area contributed by atoms with Crippen molar-refractivity contribution in [2.24, 2.45) is 5.92 Å². The Morgan fingerprint density at radius 3 is 2.79 bits per heavy atom. The van der Waals surface area contributed by atoms with Crippen LogP contribution in [0.3, 0.4) is 0 Å². The molecular weight excluding hydrogens is 507 g/mol. The summed E-state index contributed by atoms with van der Waals surface area (Å²) in [5, 5.41) is 5.92. The van der Waals surface area contributed by atoms with Crippen molar-refractivity contribution in [3.63, 3.8) is 0 Å². The van der Waals surface area contributed by atoms with E-state index in [0.29, 0.717) is 41.6 Å². The van der Waals surface area contributed by atoms with Gasteiger partial charge in [0, 0.05) is 36.6 Å². The standard InChI is InChI=1S/C29H30F3N5O2/c1-15(30)28(38)34-9-8-33-27-22-7-6-21(20-5-3-4-16-10-17-11-23(17)24(16)20)25(32)26(22)35-29(36-27)39-14-19-12-18(31)13-37(19)2/h3-7,17-19,23H,1,8-14H2,2H3,(H,34,38)(H,33,35,36)/t17?,18-,19+,23?/m1/s1. The highest BCUT2D eigenvalue weighted by molar-refractivity contribution is 5.94. The predicted molar refractivity (Wildman–Crippen MR) is 143 cm³/mol. The lowest BCUT2D eigenvalue weighted by Crippen LogP contribution is -2.31. The Balaban J connectivity index is 1.33. The molecule has 7 nitrogen and oxygen atoms in total. The van der Waals surface area contributed by atoms with Crippen LogP contribution in [0.4, 0.5) is 19.0 Å². The number of benzene rings is 2. The second-order valence-electron chi connectivity index (χ2n) is 10.7. The Morgan fingerprint density at radius 1 is 1.18 bits per heavy atom. The largest absolute Gasteiger partial charge is 0.462 e. The molecule has 0 bridgehead atoms. The van der Waals surface area contributed by atoms with Crippen LogP contribution < -0.4 is 15.4 Å². The lowest BCUT2D eigenvalue weighted by atomic mass is 9.93. The fraction of sp³-hybridized carbons (Fsp3) is 0.414. The third kappa shape index (κ3) is 4.93. The SMILES string of the molecule is C=C(F)C(=O)NCCNc1nc(OC[C@@H]2C[C@@H](F)CN2C)nc2c(F)c(-c3cccc4c3C3CC3C4)ccc12. The summed E-state index contributed by atoms with van der Waals surface area (Å²) in [6.07, 6.45) is 1.61. The molecule has 4 atom stereocenters. The molecule has 1 amide bonds. The zero-order valence-electron chi connectivity index (χ0n) is 21.6. The maximum atomic E-state index is 16.2. The van der Waals surface area contributed by atoms with Crippen LogP contribution in [-0.4, -0.2) is 66.3 Å². The topological polar surface area (TPSA) is 79.4 Å². The van der Waals surface area contributed by atoms with Crippen LogP contribution in [0.2, 0.25) is 0 Å². The summed E-state index contributed by atoms with van der Waals surface area (Å²) in [5.74, 6) is -0.974. The van der Waals surface area contributed by atoms with Gasteiger partial charge in [-0.2, -0.15) is 9.97 Å². The molecule has 3 aliphatic rings. The van der Waals surface area contributed by atoms with Gasteiger partial charge in [0.2, 0.25) is 0 Å². The van der Waals surface area contributed by atoms with Gasteiger partial charge in [-0.25, -0.2) is 13.2 Å². The van der Waals surface area contributed by atoms with Crippen molar-refractivity contribution in [2.45, 2.75) is 37.4 Å². The molecule has 0 radical (unpaired) electrons. The first-order chi connectivity index (χ1) is 18.8. The van der Waals surface area contributed by atoms with E-state index in [9.17, 15) is 13.6 Å². The molecule has 0 spiro atoms. The number of fused-ring (bicyclic) bond motifs is 4. The Hall–Kier alpha value is -3.66. The van der Waals surface area contributed by atoms with Gasteiger partial charge in [0.05, 0.1) is 0 Å². The highest BCUT2D eigenvalue weighted by Gasteiger charge is 2.46. The highest BCUT2D eigenvalue weighted by Crippen LogP contribution is 2.58. The third-order valence-corrected chi connectivity index (χ3v) is 8.04. The van der Waals surface area contributed by atoms with E-state index >= 15 is 4.39 Å². The molecule has 1 aromatic heterocycles. The average molecular weight is 538 g/mol. The number of carbonyl (C=O) groups excluding carboxylic acids is 1. The molecule has 1 saturated carbocycles. The van der Waals surface area contributed by atoms with Gasteiger partial charge in [0.15, 0.2) is 11.6 Å². The summed E-state index contributed by atoms with van der Waals surface area (Å²) in [6.45, 7) is 3.75. The first-order valence-electron chi connectivity index (χ1n) is 13.3. The molecule has 2 aliphatic carbocycles. The number of likely N-dealkylation sites (tertiary alicyclic amines) is 1. The molecule has 39 heavy (non-hydrogen) atoms. The first-order valence-corrected chi connectivity index (χ1v) is 13.3. The molecule has 2 aromatic carbocycles. The van der Waals surface area contributed by atoms with Crippen LogP contribution in [0.5, 0.6) is 6.01 Å². The van der Waals surface area contributed by atoms with Crippen molar-refractivity contribution < 1.29 is 22.7 Å². The second-order valence-corrected chi connectivity index (χ2v) is 10.7. The van der Waals surface area contributed by atoms with Crippen LogP contribution in [-0.2, 0) is 11.2 Å². The van der Waals surface area contributed by atoms with Gasteiger partial charge < -0.3 is 15.4 Å². The number of ether oxygens (including phenoxy) is 1. The summed E-state index contributed by atoms with van der Waals surface area (Å²) in [5.41, 5.74) is 3.99. The van der Waals surface area contributed by atoms with Gasteiger partial charge in [0.25, 0.3) is 5.91 Å². The van der Waals surface area contributed by atoms with Crippen molar-refractivity contribution >= 4 is 22.6 Å². The van der Waals surface area contributed by atoms with E-state index in [-0.39, 0.29) is 37.3 Å². The number of aromatic nitrogens is 2. The van der Waals surface area contributed by atoms with Crippen LogP contribution in [0, 0.1) is 11.7 Å². The number of alkyl halides is 1. The van der Waals surface area contributed by atoms with E-state index in [1.165, 1.54) is 11.1 Å². The normalized spacial score (nSPS) is 23.4. The number of hydrogen-bond donors (Lipinski definition) is 2. The molecular formula is C29H30F3N5O2. The maximum absolute atomic E-state index is 16.2. The summed E-state index contributed by atoms with van der Waals surface area (Å²) in [6, 6.07) is 9.42. The number of likely N-dealkylation sites (N-methyl/N-ethyl adjacent to an activating group) is 1. The zero-order chi connectivity index (χ0) is 27.3. The predicted octanol–water partition coefficient (Wildman–Crippen LogP) is 4.53. The zero-order valence-corrected chi connectivity index (χ0v) is 21.6. The van der Waals surface area contributed by atoms with E-state index < -0.39 is 23.7 Å². The number of nitrogens with zero attached hydrogens (tertiary/aromatic N) is 3. The van der Waals surface area contributed by atoms with Gasteiger partial charge in [-0.3, -0.25) is 9.69 Å². The Morgan fingerprint density at radius 2 is 2.03 bits per heavy atom. The van der Waals surface area contributed by atoms with Gasteiger partial charge in [-0.05, 0) is 60.9 Å². The van der Waals surface area contributed by atoms with E-state index in [1.807, 2.05) is 24.1 Å². The summed E-state index contributed by atoms with van der Waals surface area (Å²) >= 11 is 0. The van der Waals surface area contributed by atoms with E-state index in [0.717, 1.165) is 18.4 Å². The van der Waals surface area contributed by atoms with Crippen LogP contribution in [0.1, 0.15) is 29.9 Å². The lowest BCUT2D eigenvalue weighted by Gasteiger charge is -2.19. The highest BCUT2D eigenvalue weighted by atomic mass is 19.1. The van der Waals surface area contributed by atoms with Crippen molar-refractivity contribution in [3.05, 3.63) is 59.7 Å². The minimum absolute atomic E-state index is 0.0292. The summed E-state index contributed by atoms with van der Waals surface area (Å²) in [4.78, 5) is 22.2. The average Bonchev–Trinajstić information content (AvgIpc) is 3.45. The van der Waals surface area contributed by atoms with Gasteiger partial charge in [0.1, 0.15) is 24.1 Å². The Kier molecular flexibility index (Phi) is 6.66. The van der Waals surface area contributed by atoms with Gasteiger partial charge in [-0.1, -0.05) is 30.8 Å². The molecule has 6 rings (SSSR count). The van der Waals surface area contributed by atoms with Crippen molar-refractivity contribution in [1.82, 2.24) is 20.2 Å². The van der Waals surface area contributed by atoms with Crippen molar-refractivity contribution in [2.75, 3.05) is 38.6 Å². The smallest absolute Gasteiger partial charge is 0.319 e. The van der Waals surface area contributed by atoms with Gasteiger partial charge >= 0.3 is 6.01 Å². The fourth-order valence-electron chi connectivity index (χ4n) is 5.95. The lowest BCUT2D eigenvalue weighted by molar-refractivity contribution is -0.118. The molecule has 2 N–H and O–H groups in total. The van der Waals surface area contributed by atoms with Gasteiger partial charge in [-0.15, -0.1) is 0 Å². The van der Waals surface area contributed by atoms with Crippen LogP contribution in [0.25, 0.3) is 22.0 Å². The van der Waals surface area contributed by atoms with Crippen LogP contribution in [0.15, 0.2) is 42.7 Å². The van der Waals surface area contributed by atoms with Crippen molar-refractivity contribution in [3.8, 4) is 17.1 Å². The molecule has 1 aliphatic heterocycles. The molecule has 3 aromatic rings. The van der Waals surface area contributed by atoms with E-state index in [1.54, 1.807) is 12.1 Å². The molecule has 2 heterocycles. The molecule has 2 fully saturated rings. The monoisotopic (exact) mass is 537 g/mol. The second kappa shape index (κ2) is 10.1. The quantitative estimate of drug-likeness (QED) is 0.309. The number of amides is 1. The molecule has 1 saturated heterocycles. The number of anilines is 1. The van der Waals surface area contributed by atoms with Crippen molar-refractivity contribution in [1.29, 1.82) is 0 Å². The Labute approximate surface area is 224 Å². The molecule has 204 valence electrons. The number of rotatable bonds is 9. The van der Waals surface area contributed by atoms with Crippen LogP contribution >= 0.6 is 0 Å². The molecule has 10 heteroatoms. The molecule has 2 unspecified atom stereocenters. The fourth-order valence-corrected chi connectivity index (χ4v) is 5.95. The summed E-state index contributed by atoms with van der Waals surface area (Å²) in [7, 11) is 1.83. The number of carbonyl (C=O) groups is 1. The van der Waals surface area contributed by atoms with E-state index in [2.05, 4.69) is 33.2 Å². The maximum Gasteiger partial charge on any atom is 0.319 e. The number of hydrogen-bond acceptors (Lipinski definition) is 6. The number of nitrogens with one attached hydrogen (secondary N) is 2. The number of halogens is 3. The minimum Gasteiger partial charge on any atom is -0.462 e.